The number of methoxy groups -OCH3 is 1. The van der Waals surface area contributed by atoms with E-state index in [2.05, 4.69) is 16.0 Å². The molecule has 1 saturated carbocycles. The number of hydrogen-bond acceptors (Lipinski definition) is 5. The molecule has 3 heterocycles. The number of nitrogens with zero attached hydrogens (tertiary/aromatic N) is 3. The van der Waals surface area contributed by atoms with E-state index in [9.17, 15) is 4.79 Å². The quantitative estimate of drug-likeness (QED) is 0.519. The van der Waals surface area contributed by atoms with Gasteiger partial charge in [-0.1, -0.05) is 37.5 Å². The second-order valence-electron chi connectivity index (χ2n) is 7.72. The normalized spacial score (nSPS) is 16.3. The molecule has 3 aromatic heterocycles. The summed E-state index contributed by atoms with van der Waals surface area (Å²) in [6, 6.07) is 10.1. The van der Waals surface area contributed by atoms with Gasteiger partial charge in [-0.15, -0.1) is 0 Å². The molecule has 0 aliphatic heterocycles. The molecule has 7 nitrogen and oxygen atoms in total. The van der Waals surface area contributed by atoms with E-state index < -0.39 is 5.41 Å². The van der Waals surface area contributed by atoms with Crippen LogP contribution in [0.2, 0.25) is 0 Å². The molecule has 5 rings (SSSR count). The van der Waals surface area contributed by atoms with Crippen LogP contribution in [-0.4, -0.2) is 32.4 Å². The molecule has 7 heteroatoms. The van der Waals surface area contributed by atoms with Crippen LogP contribution in [0.15, 0.2) is 42.7 Å². The number of ether oxygens (including phenoxy) is 1. The van der Waals surface area contributed by atoms with E-state index in [1.807, 2.05) is 34.9 Å². The number of imidazole rings is 1. The number of carbonyl (C=O) groups is 1. The molecule has 0 atom stereocenters. The molecule has 0 spiro atoms. The first kappa shape index (κ1) is 17.7. The zero-order valence-electron chi connectivity index (χ0n) is 16.3. The van der Waals surface area contributed by atoms with Crippen LogP contribution in [0.1, 0.15) is 37.9 Å². The Balaban J connectivity index is 1.79. The maximum absolute atomic E-state index is 13.0. The summed E-state index contributed by atoms with van der Waals surface area (Å²) in [5, 5.41) is 1.09. The lowest BCUT2D eigenvalue weighted by atomic mass is 9.73. The Morgan fingerprint density at radius 1 is 1.24 bits per heavy atom. The number of rotatable bonds is 3. The van der Waals surface area contributed by atoms with Gasteiger partial charge in [-0.25, -0.2) is 9.97 Å². The van der Waals surface area contributed by atoms with Gasteiger partial charge in [0.05, 0.1) is 12.8 Å². The third kappa shape index (κ3) is 2.61. The van der Waals surface area contributed by atoms with E-state index >= 15 is 0 Å². The smallest absolute Gasteiger partial charge is 0.319 e. The fourth-order valence-electron chi connectivity index (χ4n) is 4.66. The van der Waals surface area contributed by atoms with E-state index in [0.717, 1.165) is 35.9 Å². The fourth-order valence-corrected chi connectivity index (χ4v) is 4.66. The molecule has 0 saturated heterocycles. The summed E-state index contributed by atoms with van der Waals surface area (Å²) in [5.41, 5.74) is 8.80. The number of nitrogens with one attached hydrogen (secondary N) is 1. The monoisotopic (exact) mass is 389 g/mol. The molecule has 1 aromatic carbocycles. The van der Waals surface area contributed by atoms with Gasteiger partial charge >= 0.3 is 5.97 Å². The number of benzene rings is 1. The number of fused-ring (bicyclic) bond motifs is 2. The van der Waals surface area contributed by atoms with Crippen molar-refractivity contribution in [2.75, 3.05) is 12.8 Å². The van der Waals surface area contributed by atoms with Crippen molar-refractivity contribution in [2.45, 2.75) is 37.5 Å². The van der Waals surface area contributed by atoms with Crippen molar-refractivity contribution in [1.82, 2.24) is 19.4 Å². The molecule has 0 bridgehead atoms. The van der Waals surface area contributed by atoms with E-state index in [1.54, 1.807) is 6.20 Å². The van der Waals surface area contributed by atoms with E-state index in [1.165, 1.54) is 7.11 Å². The van der Waals surface area contributed by atoms with Gasteiger partial charge in [0.25, 0.3) is 0 Å². The molecule has 1 fully saturated rings. The second-order valence-corrected chi connectivity index (χ2v) is 7.72. The van der Waals surface area contributed by atoms with Crippen LogP contribution >= 0.6 is 0 Å². The van der Waals surface area contributed by atoms with Crippen molar-refractivity contribution in [3.8, 4) is 11.4 Å². The minimum absolute atomic E-state index is 0.234. The molecule has 148 valence electrons. The molecular formula is C22H23N5O2. The first-order valence-corrected chi connectivity index (χ1v) is 9.93. The number of anilines is 1. The summed E-state index contributed by atoms with van der Waals surface area (Å²) in [6.07, 6.45) is 7.95. The molecule has 1 aliphatic rings. The van der Waals surface area contributed by atoms with Crippen molar-refractivity contribution < 1.29 is 9.53 Å². The summed E-state index contributed by atoms with van der Waals surface area (Å²) in [7, 11) is 1.45. The first-order valence-electron chi connectivity index (χ1n) is 9.93. The number of para-hydroxylation sites is 1. The van der Waals surface area contributed by atoms with Gasteiger partial charge < -0.3 is 15.5 Å². The Morgan fingerprint density at radius 2 is 2.03 bits per heavy atom. The second kappa shape index (κ2) is 6.62. The van der Waals surface area contributed by atoms with Gasteiger partial charge in [0.15, 0.2) is 0 Å². The number of H-pyrrole nitrogens is 1. The van der Waals surface area contributed by atoms with Crippen LogP contribution in [0, 0.1) is 0 Å². The average Bonchev–Trinajstić information content (AvgIpc) is 3.36. The molecule has 0 amide bonds. The van der Waals surface area contributed by atoms with E-state index in [4.69, 9.17) is 15.5 Å². The standard InChI is InChI=1S/C22H23N5O2/c1-29-21(28)22(9-5-2-6-10-22)20-26-17(18-19(23)24-11-12-27(18)20)16-13-14-7-3-4-8-15(14)25-16/h3-4,7-8,11-13,25H,2,5-6,9-10H2,1H3,(H2,23,24). The maximum Gasteiger partial charge on any atom is 0.319 e. The lowest BCUT2D eigenvalue weighted by molar-refractivity contribution is -0.149. The molecular weight excluding hydrogens is 366 g/mol. The molecule has 4 aromatic rings. The lowest BCUT2D eigenvalue weighted by Gasteiger charge is -2.33. The SMILES string of the molecule is COC(=O)C1(c2nc(-c3cc4ccccc4[nH]3)c3c(N)nccn23)CCCCC1. The number of aromatic amines is 1. The number of nitrogens with two attached hydrogens (primary N) is 1. The van der Waals surface area contributed by atoms with Crippen molar-refractivity contribution in [2.24, 2.45) is 0 Å². The predicted molar refractivity (Wildman–Crippen MR) is 111 cm³/mol. The van der Waals surface area contributed by atoms with Crippen LogP contribution in [0.4, 0.5) is 5.82 Å². The van der Waals surface area contributed by atoms with Crippen LogP contribution in [0.25, 0.3) is 27.8 Å². The van der Waals surface area contributed by atoms with Crippen LogP contribution in [0.5, 0.6) is 0 Å². The number of aromatic nitrogens is 4. The van der Waals surface area contributed by atoms with Gasteiger partial charge in [0.2, 0.25) is 0 Å². The highest BCUT2D eigenvalue weighted by molar-refractivity contribution is 5.92. The molecule has 1 aliphatic carbocycles. The topological polar surface area (TPSA) is 98.3 Å². The third-order valence-electron chi connectivity index (χ3n) is 6.08. The molecule has 0 radical (unpaired) electrons. The molecule has 0 unspecified atom stereocenters. The molecule has 3 N–H and O–H groups in total. The minimum Gasteiger partial charge on any atom is -0.468 e. The highest BCUT2D eigenvalue weighted by atomic mass is 16.5. The Morgan fingerprint density at radius 3 is 2.79 bits per heavy atom. The fraction of sp³-hybridized carbons (Fsp3) is 0.318. The van der Waals surface area contributed by atoms with Gasteiger partial charge in [-0.3, -0.25) is 9.20 Å². The Kier molecular flexibility index (Phi) is 4.04. The van der Waals surface area contributed by atoms with Gasteiger partial charge in [0.1, 0.15) is 28.3 Å². The summed E-state index contributed by atoms with van der Waals surface area (Å²) in [6.45, 7) is 0. The van der Waals surface area contributed by atoms with E-state index in [0.29, 0.717) is 35.7 Å². The minimum atomic E-state index is -0.770. The number of nitrogen functional groups attached to an aromatic ring is 1. The van der Waals surface area contributed by atoms with Crippen molar-refractivity contribution in [3.63, 3.8) is 0 Å². The van der Waals surface area contributed by atoms with Crippen LogP contribution < -0.4 is 5.73 Å². The van der Waals surface area contributed by atoms with E-state index in [-0.39, 0.29) is 5.97 Å². The summed E-state index contributed by atoms with van der Waals surface area (Å²) in [5.74, 6) is 0.834. The third-order valence-corrected chi connectivity index (χ3v) is 6.08. The van der Waals surface area contributed by atoms with Crippen molar-refractivity contribution in [3.05, 3.63) is 48.5 Å². The predicted octanol–water partition coefficient (Wildman–Crippen LogP) is 3.83. The first-order chi connectivity index (χ1) is 14.1. The number of hydrogen-bond donors (Lipinski definition) is 2. The Labute approximate surface area is 167 Å². The Hall–Kier alpha value is -3.35. The zero-order valence-corrected chi connectivity index (χ0v) is 16.3. The highest BCUT2D eigenvalue weighted by Gasteiger charge is 2.46. The lowest BCUT2D eigenvalue weighted by Crippen LogP contribution is -2.40. The largest absolute Gasteiger partial charge is 0.468 e. The summed E-state index contributed by atoms with van der Waals surface area (Å²) in [4.78, 5) is 25.7. The van der Waals surface area contributed by atoms with Gasteiger partial charge in [-0.2, -0.15) is 0 Å². The highest BCUT2D eigenvalue weighted by Crippen LogP contribution is 2.42. The average molecular weight is 389 g/mol. The van der Waals surface area contributed by atoms with Crippen LogP contribution in [0.3, 0.4) is 0 Å². The molecule has 29 heavy (non-hydrogen) atoms. The zero-order chi connectivity index (χ0) is 20.0. The van der Waals surface area contributed by atoms with Gasteiger partial charge in [0, 0.05) is 23.3 Å². The summed E-state index contributed by atoms with van der Waals surface area (Å²) >= 11 is 0. The van der Waals surface area contributed by atoms with Crippen molar-refractivity contribution >= 4 is 28.2 Å². The number of esters is 1. The maximum atomic E-state index is 13.0. The Bertz CT molecular complexity index is 1180. The van der Waals surface area contributed by atoms with Crippen LogP contribution in [-0.2, 0) is 14.9 Å². The van der Waals surface area contributed by atoms with Crippen molar-refractivity contribution in [1.29, 1.82) is 0 Å². The van der Waals surface area contributed by atoms with Gasteiger partial charge in [-0.05, 0) is 25.0 Å². The summed E-state index contributed by atoms with van der Waals surface area (Å²) < 4.78 is 7.16. The number of carbonyl (C=O) groups excluding carboxylic acids is 1.